The minimum Gasteiger partial charge on any atom is -0.480 e. The first-order valence-electron chi connectivity index (χ1n) is 3.86. The van der Waals surface area contributed by atoms with Gasteiger partial charge in [-0.05, 0) is 19.9 Å². The maximum atomic E-state index is 10.7. The zero-order chi connectivity index (χ0) is 9.61. The molecule has 0 fully saturated rings. The number of hydrogen-bond acceptors (Lipinski definition) is 4. The molecule has 5 nitrogen and oxygen atoms in total. The van der Waals surface area contributed by atoms with Crippen LogP contribution in [0, 0.1) is 0 Å². The van der Waals surface area contributed by atoms with Crippen LogP contribution in [0.2, 0.25) is 0 Å². The molecule has 0 saturated heterocycles. The van der Waals surface area contributed by atoms with Crippen molar-refractivity contribution in [2.24, 2.45) is 5.73 Å². The van der Waals surface area contributed by atoms with Crippen LogP contribution < -0.4 is 11.1 Å². The smallest absolute Gasteiger partial charge is 0.323 e. The van der Waals surface area contributed by atoms with Gasteiger partial charge >= 0.3 is 5.97 Å². The van der Waals surface area contributed by atoms with E-state index in [2.05, 4.69) is 5.32 Å². The fraction of sp³-hybridized carbons (Fsp3) is 0.857. The summed E-state index contributed by atoms with van der Waals surface area (Å²) in [6.45, 7) is 2.05. The molecule has 0 spiro atoms. The van der Waals surface area contributed by atoms with Gasteiger partial charge in [0.15, 0.2) is 0 Å². The molecule has 0 aromatic carbocycles. The van der Waals surface area contributed by atoms with Crippen molar-refractivity contribution in [3.8, 4) is 0 Å². The van der Waals surface area contributed by atoms with Gasteiger partial charge in [0.1, 0.15) is 5.54 Å². The van der Waals surface area contributed by atoms with Gasteiger partial charge in [0.2, 0.25) is 0 Å². The van der Waals surface area contributed by atoms with E-state index in [1.807, 2.05) is 0 Å². The molecule has 72 valence electrons. The van der Waals surface area contributed by atoms with Gasteiger partial charge in [-0.15, -0.1) is 0 Å². The lowest BCUT2D eigenvalue weighted by molar-refractivity contribution is -0.144. The first-order valence-corrected chi connectivity index (χ1v) is 3.86. The first-order chi connectivity index (χ1) is 5.56. The Morgan fingerprint density at radius 2 is 2.25 bits per heavy atom. The first kappa shape index (κ1) is 11.4. The molecule has 0 bridgehead atoms. The fourth-order valence-corrected chi connectivity index (χ4v) is 0.891. The molecule has 0 radical (unpaired) electrons. The Morgan fingerprint density at radius 3 is 2.58 bits per heavy atom. The van der Waals surface area contributed by atoms with Gasteiger partial charge in [0.25, 0.3) is 0 Å². The molecule has 0 aliphatic carbocycles. The lowest BCUT2D eigenvalue weighted by Crippen LogP contribution is -2.51. The lowest BCUT2D eigenvalue weighted by Gasteiger charge is -2.25. The average molecular weight is 176 g/mol. The second kappa shape index (κ2) is 5.08. The van der Waals surface area contributed by atoms with Crippen LogP contribution in [0.15, 0.2) is 0 Å². The number of hydrogen-bond donors (Lipinski definition) is 4. The van der Waals surface area contributed by atoms with E-state index in [0.717, 1.165) is 0 Å². The van der Waals surface area contributed by atoms with Gasteiger partial charge in [-0.25, -0.2) is 0 Å². The molecule has 5 N–H and O–H groups in total. The predicted octanol–water partition coefficient (Wildman–Crippen LogP) is -1.24. The highest BCUT2D eigenvalue weighted by Gasteiger charge is 2.30. The molecule has 0 aliphatic heterocycles. The number of nitrogens with one attached hydrogen (secondary N) is 1. The SMILES string of the molecule is CC(CCN)(NCCO)C(=O)O. The van der Waals surface area contributed by atoms with Crippen LogP contribution in [-0.4, -0.2) is 41.4 Å². The van der Waals surface area contributed by atoms with Crippen LogP contribution in [0.5, 0.6) is 0 Å². The Morgan fingerprint density at radius 1 is 1.67 bits per heavy atom. The molecule has 0 heterocycles. The van der Waals surface area contributed by atoms with Gasteiger partial charge in [0, 0.05) is 6.54 Å². The van der Waals surface area contributed by atoms with E-state index in [4.69, 9.17) is 15.9 Å². The Labute approximate surface area is 71.6 Å². The topological polar surface area (TPSA) is 95.6 Å². The van der Waals surface area contributed by atoms with E-state index in [0.29, 0.717) is 13.0 Å². The van der Waals surface area contributed by atoms with Crippen LogP contribution >= 0.6 is 0 Å². The van der Waals surface area contributed by atoms with Gasteiger partial charge < -0.3 is 15.9 Å². The molecule has 0 aromatic heterocycles. The summed E-state index contributed by atoms with van der Waals surface area (Å²) >= 11 is 0. The normalized spacial score (nSPS) is 15.6. The number of carbonyl (C=O) groups is 1. The third-order valence-corrected chi connectivity index (χ3v) is 1.74. The number of β-amino-alcohol motifs (C(OH)–C–C–N with tert-alkyl or cyclic N) is 1. The van der Waals surface area contributed by atoms with Crippen molar-refractivity contribution >= 4 is 5.97 Å². The van der Waals surface area contributed by atoms with E-state index in [9.17, 15) is 4.79 Å². The molecule has 0 aromatic rings. The quantitative estimate of drug-likeness (QED) is 0.406. The van der Waals surface area contributed by atoms with Crippen LogP contribution in [0.4, 0.5) is 0 Å². The van der Waals surface area contributed by atoms with Crippen molar-refractivity contribution in [1.29, 1.82) is 0 Å². The van der Waals surface area contributed by atoms with Gasteiger partial charge in [0.05, 0.1) is 6.61 Å². The summed E-state index contributed by atoms with van der Waals surface area (Å²) in [5.41, 5.74) is 4.24. The summed E-state index contributed by atoms with van der Waals surface area (Å²) in [5.74, 6) is -0.943. The molecular formula is C7H16N2O3. The molecule has 0 rings (SSSR count). The summed E-state index contributed by atoms with van der Waals surface area (Å²) in [6.07, 6.45) is 0.350. The van der Waals surface area contributed by atoms with Crippen molar-refractivity contribution < 1.29 is 15.0 Å². The second-order valence-electron chi connectivity index (χ2n) is 2.83. The van der Waals surface area contributed by atoms with E-state index in [1.165, 1.54) is 0 Å². The fourth-order valence-electron chi connectivity index (χ4n) is 0.891. The summed E-state index contributed by atoms with van der Waals surface area (Å²) in [6, 6.07) is 0. The maximum absolute atomic E-state index is 10.7. The molecule has 0 saturated carbocycles. The Balaban J connectivity index is 4.08. The van der Waals surface area contributed by atoms with Crippen molar-refractivity contribution in [2.75, 3.05) is 19.7 Å². The van der Waals surface area contributed by atoms with E-state index < -0.39 is 11.5 Å². The van der Waals surface area contributed by atoms with Crippen LogP contribution in [-0.2, 0) is 4.79 Å². The van der Waals surface area contributed by atoms with E-state index in [1.54, 1.807) is 6.92 Å². The lowest BCUT2D eigenvalue weighted by atomic mass is 9.98. The maximum Gasteiger partial charge on any atom is 0.323 e. The number of carboxylic acids is 1. The van der Waals surface area contributed by atoms with E-state index in [-0.39, 0.29) is 13.2 Å². The minimum absolute atomic E-state index is 0.0760. The Kier molecular flexibility index (Phi) is 4.80. The Bertz CT molecular complexity index is 152. The van der Waals surface area contributed by atoms with Crippen LogP contribution in [0.1, 0.15) is 13.3 Å². The summed E-state index contributed by atoms with van der Waals surface area (Å²) < 4.78 is 0. The zero-order valence-corrected chi connectivity index (χ0v) is 7.21. The van der Waals surface area contributed by atoms with Gasteiger partial charge in [-0.1, -0.05) is 0 Å². The third-order valence-electron chi connectivity index (χ3n) is 1.74. The molecule has 0 amide bonds. The number of rotatable bonds is 6. The zero-order valence-electron chi connectivity index (χ0n) is 7.21. The number of carboxylic acid groups (broad SMARTS) is 1. The average Bonchev–Trinajstić information content (AvgIpc) is 2.01. The number of nitrogens with two attached hydrogens (primary N) is 1. The summed E-state index contributed by atoms with van der Waals surface area (Å²) in [7, 11) is 0. The molecule has 1 unspecified atom stereocenters. The second-order valence-corrected chi connectivity index (χ2v) is 2.83. The molecule has 12 heavy (non-hydrogen) atoms. The van der Waals surface area contributed by atoms with Crippen molar-refractivity contribution in [2.45, 2.75) is 18.9 Å². The highest BCUT2D eigenvalue weighted by Crippen LogP contribution is 2.07. The van der Waals surface area contributed by atoms with Crippen molar-refractivity contribution in [1.82, 2.24) is 5.32 Å². The van der Waals surface area contributed by atoms with Crippen LogP contribution in [0.3, 0.4) is 0 Å². The summed E-state index contributed by atoms with van der Waals surface area (Å²) in [4.78, 5) is 10.7. The highest BCUT2D eigenvalue weighted by atomic mass is 16.4. The van der Waals surface area contributed by atoms with Crippen LogP contribution in [0.25, 0.3) is 0 Å². The number of aliphatic hydroxyl groups is 1. The molecule has 5 heteroatoms. The Hall–Kier alpha value is -0.650. The number of aliphatic carboxylic acids is 1. The van der Waals surface area contributed by atoms with Gasteiger partial charge in [-0.2, -0.15) is 0 Å². The standard InChI is InChI=1S/C7H16N2O3/c1-7(2-3-8,6(11)12)9-4-5-10/h9-10H,2-5,8H2,1H3,(H,11,12). The molecular weight excluding hydrogens is 160 g/mol. The van der Waals surface area contributed by atoms with Gasteiger partial charge in [-0.3, -0.25) is 10.1 Å². The van der Waals surface area contributed by atoms with Crippen molar-refractivity contribution in [3.05, 3.63) is 0 Å². The molecule has 1 atom stereocenters. The van der Waals surface area contributed by atoms with E-state index >= 15 is 0 Å². The third kappa shape index (κ3) is 3.17. The predicted molar refractivity (Wildman–Crippen MR) is 44.8 cm³/mol. The number of aliphatic hydroxyl groups excluding tert-OH is 1. The summed E-state index contributed by atoms with van der Waals surface area (Å²) in [5, 5.41) is 20.0. The molecule has 0 aliphatic rings. The monoisotopic (exact) mass is 176 g/mol. The largest absolute Gasteiger partial charge is 0.480 e. The van der Waals surface area contributed by atoms with Crippen molar-refractivity contribution in [3.63, 3.8) is 0 Å². The highest BCUT2D eigenvalue weighted by molar-refractivity contribution is 5.78. The minimum atomic E-state index is -1.02.